The molecule has 0 saturated heterocycles. The average Bonchev–Trinajstić information content (AvgIpc) is 2.79. The van der Waals surface area contributed by atoms with Gasteiger partial charge in [0, 0.05) is 11.6 Å². The normalized spacial score (nSPS) is 11.3. The van der Waals surface area contributed by atoms with E-state index >= 15 is 0 Å². The molecule has 0 spiro atoms. The summed E-state index contributed by atoms with van der Waals surface area (Å²) in [5, 5.41) is 0. The van der Waals surface area contributed by atoms with Crippen LogP contribution in [0.4, 0.5) is 13.2 Å². The maximum atomic E-state index is 13.5. The SMILES string of the molecule is C=CC(=O)O/C=C\Oc1ccc(-c2ccc(O/C=C\OC(=O)C(=C)C)cc2)cc1C(F)(F)F. The zero-order valence-electron chi connectivity index (χ0n) is 17.4. The van der Waals surface area contributed by atoms with Crippen LogP contribution in [0, 0.1) is 0 Å². The Labute approximate surface area is 187 Å². The van der Waals surface area contributed by atoms with Crippen LogP contribution in [0.5, 0.6) is 11.5 Å². The molecule has 0 unspecified atom stereocenters. The lowest BCUT2D eigenvalue weighted by Gasteiger charge is -2.14. The van der Waals surface area contributed by atoms with Crippen molar-refractivity contribution in [2.24, 2.45) is 0 Å². The number of hydrogen-bond acceptors (Lipinski definition) is 6. The summed E-state index contributed by atoms with van der Waals surface area (Å²) in [6.07, 6.45) is 0.0245. The molecule has 2 aromatic rings. The first-order valence-electron chi connectivity index (χ1n) is 9.26. The predicted molar refractivity (Wildman–Crippen MR) is 114 cm³/mol. The zero-order valence-corrected chi connectivity index (χ0v) is 17.4. The van der Waals surface area contributed by atoms with Gasteiger partial charge in [-0.1, -0.05) is 31.4 Å². The average molecular weight is 460 g/mol. The molecule has 33 heavy (non-hydrogen) atoms. The largest absolute Gasteiger partial charge is 0.462 e. The van der Waals surface area contributed by atoms with Crippen molar-refractivity contribution < 1.29 is 41.7 Å². The summed E-state index contributed by atoms with van der Waals surface area (Å²) in [7, 11) is 0. The highest BCUT2D eigenvalue weighted by Crippen LogP contribution is 2.39. The molecular weight excluding hydrogens is 441 g/mol. The van der Waals surface area contributed by atoms with Crippen LogP contribution < -0.4 is 9.47 Å². The molecule has 0 aliphatic carbocycles. The molecule has 0 saturated carbocycles. The van der Waals surface area contributed by atoms with E-state index in [-0.39, 0.29) is 11.1 Å². The highest BCUT2D eigenvalue weighted by Gasteiger charge is 2.34. The number of carbonyl (C=O) groups excluding carboxylic acids is 2. The second kappa shape index (κ2) is 11.4. The van der Waals surface area contributed by atoms with Crippen molar-refractivity contribution in [2.45, 2.75) is 13.1 Å². The summed E-state index contributed by atoms with van der Waals surface area (Å²) in [6.45, 7) is 8.12. The van der Waals surface area contributed by atoms with Crippen molar-refractivity contribution in [1.29, 1.82) is 0 Å². The van der Waals surface area contributed by atoms with Crippen molar-refractivity contribution in [1.82, 2.24) is 0 Å². The highest BCUT2D eigenvalue weighted by atomic mass is 19.4. The third-order valence-electron chi connectivity index (χ3n) is 3.86. The summed E-state index contributed by atoms with van der Waals surface area (Å²) in [6, 6.07) is 9.73. The summed E-state index contributed by atoms with van der Waals surface area (Å²) in [5.41, 5.74) is -0.00477. The summed E-state index contributed by atoms with van der Waals surface area (Å²) < 4.78 is 60.0. The fourth-order valence-corrected chi connectivity index (χ4v) is 2.30. The molecule has 2 rings (SSSR count). The maximum absolute atomic E-state index is 13.5. The lowest BCUT2D eigenvalue weighted by molar-refractivity contribution is -0.139. The van der Waals surface area contributed by atoms with E-state index < -0.39 is 29.4 Å². The minimum absolute atomic E-state index is 0.228. The summed E-state index contributed by atoms with van der Waals surface area (Å²) in [5.74, 6) is -1.48. The van der Waals surface area contributed by atoms with Gasteiger partial charge in [-0.25, -0.2) is 9.59 Å². The van der Waals surface area contributed by atoms with Crippen LogP contribution >= 0.6 is 0 Å². The Bertz CT molecular complexity index is 1080. The van der Waals surface area contributed by atoms with Gasteiger partial charge in [0.2, 0.25) is 0 Å². The van der Waals surface area contributed by atoms with E-state index in [1.54, 1.807) is 12.1 Å². The number of hydrogen-bond donors (Lipinski definition) is 0. The van der Waals surface area contributed by atoms with Gasteiger partial charge in [0.25, 0.3) is 0 Å². The molecule has 0 N–H and O–H groups in total. The highest BCUT2D eigenvalue weighted by molar-refractivity contribution is 5.87. The Kier molecular flexibility index (Phi) is 8.62. The van der Waals surface area contributed by atoms with Crippen LogP contribution in [0.25, 0.3) is 11.1 Å². The van der Waals surface area contributed by atoms with Crippen LogP contribution in [-0.2, 0) is 25.2 Å². The molecular formula is C24H19F3O6. The third-order valence-corrected chi connectivity index (χ3v) is 3.86. The molecule has 0 aliphatic heterocycles. The van der Waals surface area contributed by atoms with Gasteiger partial charge in [-0.3, -0.25) is 0 Å². The molecule has 0 radical (unpaired) electrons. The molecule has 0 atom stereocenters. The van der Waals surface area contributed by atoms with Crippen molar-refractivity contribution in [3.05, 3.63) is 97.9 Å². The number of halogens is 3. The van der Waals surface area contributed by atoms with Crippen LogP contribution in [0.3, 0.4) is 0 Å². The molecule has 172 valence electrons. The van der Waals surface area contributed by atoms with Crippen LogP contribution in [0.2, 0.25) is 0 Å². The molecule has 6 nitrogen and oxygen atoms in total. The molecule has 0 bridgehead atoms. The van der Waals surface area contributed by atoms with E-state index in [9.17, 15) is 22.8 Å². The Morgan fingerprint density at radius 1 is 0.879 bits per heavy atom. The molecule has 9 heteroatoms. The Morgan fingerprint density at radius 2 is 1.48 bits per heavy atom. The number of esters is 2. The smallest absolute Gasteiger partial charge is 0.420 e. The van der Waals surface area contributed by atoms with Gasteiger partial charge < -0.3 is 18.9 Å². The Morgan fingerprint density at radius 3 is 2.09 bits per heavy atom. The number of benzene rings is 2. The number of ether oxygens (including phenoxy) is 4. The zero-order chi connectivity index (χ0) is 24.4. The van der Waals surface area contributed by atoms with Gasteiger partial charge in [-0.15, -0.1) is 0 Å². The van der Waals surface area contributed by atoms with Crippen molar-refractivity contribution in [3.63, 3.8) is 0 Å². The molecule has 0 heterocycles. The first-order valence-corrected chi connectivity index (χ1v) is 9.26. The molecule has 0 aliphatic rings. The third kappa shape index (κ3) is 7.73. The molecule has 2 aromatic carbocycles. The predicted octanol–water partition coefficient (Wildman–Crippen LogP) is 5.92. The standard InChI is InChI=1S/C24H19F3O6/c1-4-22(28)32-13-12-31-21-10-7-18(15-20(21)24(25,26)27)17-5-8-19(9-6-17)30-11-14-33-23(29)16(2)3/h4-15H,1-2H2,3H3/b13-12-,14-11-. The van der Waals surface area contributed by atoms with Gasteiger partial charge in [-0.2, -0.15) is 13.2 Å². The monoisotopic (exact) mass is 460 g/mol. The van der Waals surface area contributed by atoms with E-state index in [0.29, 0.717) is 11.3 Å². The topological polar surface area (TPSA) is 71.1 Å². The first kappa shape index (κ1) is 25.0. The van der Waals surface area contributed by atoms with Crippen LogP contribution in [0.1, 0.15) is 12.5 Å². The van der Waals surface area contributed by atoms with Crippen LogP contribution in [0.15, 0.2) is 92.3 Å². The van der Waals surface area contributed by atoms with Crippen molar-refractivity contribution >= 4 is 11.9 Å². The van der Waals surface area contributed by atoms with E-state index in [0.717, 1.165) is 43.3 Å². The second-order valence-corrected chi connectivity index (χ2v) is 6.34. The van der Waals surface area contributed by atoms with Gasteiger partial charge in [0.15, 0.2) is 0 Å². The molecule has 0 amide bonds. The van der Waals surface area contributed by atoms with Gasteiger partial charge >= 0.3 is 18.1 Å². The van der Waals surface area contributed by atoms with E-state index in [1.165, 1.54) is 25.1 Å². The van der Waals surface area contributed by atoms with E-state index in [1.807, 2.05) is 0 Å². The minimum atomic E-state index is -4.69. The van der Waals surface area contributed by atoms with Crippen LogP contribution in [-0.4, -0.2) is 11.9 Å². The second-order valence-electron chi connectivity index (χ2n) is 6.34. The van der Waals surface area contributed by atoms with Gasteiger partial charge in [-0.05, 0) is 42.3 Å². The fraction of sp³-hybridized carbons (Fsp3) is 0.0833. The first-order chi connectivity index (χ1) is 15.6. The van der Waals surface area contributed by atoms with Crippen molar-refractivity contribution in [3.8, 4) is 22.6 Å². The Hall–Kier alpha value is -4.27. The minimum Gasteiger partial charge on any atom is -0.462 e. The number of alkyl halides is 3. The molecule has 0 fully saturated rings. The number of carbonyl (C=O) groups is 2. The maximum Gasteiger partial charge on any atom is 0.420 e. The lowest BCUT2D eigenvalue weighted by Crippen LogP contribution is -2.07. The van der Waals surface area contributed by atoms with E-state index in [2.05, 4.69) is 17.9 Å². The summed E-state index contributed by atoms with van der Waals surface area (Å²) in [4.78, 5) is 22.2. The number of rotatable bonds is 9. The Balaban J connectivity index is 2.14. The molecule has 0 aromatic heterocycles. The van der Waals surface area contributed by atoms with E-state index in [4.69, 9.17) is 14.2 Å². The van der Waals surface area contributed by atoms with Crippen molar-refractivity contribution in [2.75, 3.05) is 0 Å². The fourth-order valence-electron chi connectivity index (χ4n) is 2.30. The summed E-state index contributed by atoms with van der Waals surface area (Å²) >= 11 is 0. The quantitative estimate of drug-likeness (QED) is 0.263. The van der Waals surface area contributed by atoms with Gasteiger partial charge in [0.05, 0.1) is 5.56 Å². The van der Waals surface area contributed by atoms with Gasteiger partial charge in [0.1, 0.15) is 36.5 Å². The lowest BCUT2D eigenvalue weighted by atomic mass is 10.0.